The average Bonchev–Trinajstić information content (AvgIpc) is 3.12. The van der Waals surface area contributed by atoms with Gasteiger partial charge >= 0.3 is 0 Å². The first-order valence-electron chi connectivity index (χ1n) is 7.65. The fourth-order valence-electron chi connectivity index (χ4n) is 2.30. The molecule has 0 aliphatic carbocycles. The molecule has 0 aliphatic rings. The summed E-state index contributed by atoms with van der Waals surface area (Å²) in [5, 5.41) is 6.78. The maximum Gasteiger partial charge on any atom is 0.294 e. The summed E-state index contributed by atoms with van der Waals surface area (Å²) in [4.78, 5) is 24.1. The Morgan fingerprint density at radius 3 is 2.83 bits per heavy atom. The second-order valence-electron chi connectivity index (χ2n) is 5.92. The number of carbonyl (C=O) groups is 1. The van der Waals surface area contributed by atoms with E-state index in [0.29, 0.717) is 29.9 Å². The molecule has 0 fully saturated rings. The van der Waals surface area contributed by atoms with Crippen LogP contribution in [0.1, 0.15) is 42.8 Å². The Labute approximate surface area is 138 Å². The minimum Gasteiger partial charge on any atom is -0.465 e. The van der Waals surface area contributed by atoms with Crippen LogP contribution in [0.4, 0.5) is 0 Å². The van der Waals surface area contributed by atoms with Crippen molar-refractivity contribution in [1.82, 2.24) is 25.4 Å². The number of rotatable bonds is 5. The Hall–Kier alpha value is -2.90. The molecule has 3 rings (SSSR count). The fraction of sp³-hybridized carbons (Fsp3) is 0.375. The third-order valence-electron chi connectivity index (χ3n) is 3.52. The smallest absolute Gasteiger partial charge is 0.294 e. The van der Waals surface area contributed by atoms with E-state index < -0.39 is 5.54 Å². The van der Waals surface area contributed by atoms with E-state index in [4.69, 9.17) is 9.26 Å². The van der Waals surface area contributed by atoms with Crippen molar-refractivity contribution in [2.45, 2.75) is 33.2 Å². The number of hydrogen-bond donors (Lipinski definition) is 2. The average molecular weight is 329 g/mol. The molecule has 0 bridgehead atoms. The van der Waals surface area contributed by atoms with E-state index in [9.17, 15) is 4.79 Å². The molecule has 0 atom stereocenters. The molecule has 0 spiro atoms. The number of imidazole rings is 1. The maximum atomic E-state index is 12.6. The molecule has 8 nitrogen and oxygen atoms in total. The molecule has 3 aromatic rings. The molecule has 126 valence electrons. The first-order valence-corrected chi connectivity index (χ1v) is 7.65. The summed E-state index contributed by atoms with van der Waals surface area (Å²) in [5.41, 5.74) is 1.22. The van der Waals surface area contributed by atoms with Gasteiger partial charge in [-0.1, -0.05) is 5.16 Å². The highest BCUT2D eigenvalue weighted by Crippen LogP contribution is 2.20. The maximum absolute atomic E-state index is 12.6. The number of ether oxygens (including phenoxy) is 1. The van der Waals surface area contributed by atoms with Gasteiger partial charge in [0, 0.05) is 12.5 Å². The highest BCUT2D eigenvalue weighted by Gasteiger charge is 2.28. The van der Waals surface area contributed by atoms with Crippen molar-refractivity contribution in [2.24, 2.45) is 0 Å². The number of nitrogens with one attached hydrogen (secondary N) is 2. The van der Waals surface area contributed by atoms with Crippen LogP contribution >= 0.6 is 0 Å². The van der Waals surface area contributed by atoms with E-state index >= 15 is 0 Å². The van der Waals surface area contributed by atoms with Gasteiger partial charge in [-0.05, 0) is 39.0 Å². The van der Waals surface area contributed by atoms with E-state index in [-0.39, 0.29) is 5.91 Å². The second kappa shape index (κ2) is 5.95. The van der Waals surface area contributed by atoms with E-state index in [1.54, 1.807) is 25.1 Å². The lowest BCUT2D eigenvalue weighted by atomic mass is 10.0. The SMILES string of the molecule is CCOc1nc2ccc(C(=O)NC(C)(C)c3noc(C)n3)cc2[nH]1. The number of nitrogens with zero attached hydrogens (tertiary/aromatic N) is 3. The molecule has 0 radical (unpaired) electrons. The number of fused-ring (bicyclic) bond motifs is 1. The minimum atomic E-state index is -0.756. The number of aromatic amines is 1. The number of hydrogen-bond acceptors (Lipinski definition) is 6. The summed E-state index contributed by atoms with van der Waals surface area (Å²) in [6.07, 6.45) is 0. The van der Waals surface area contributed by atoms with Crippen LogP contribution in [0.3, 0.4) is 0 Å². The number of carbonyl (C=O) groups excluding carboxylic acids is 1. The molecule has 0 unspecified atom stereocenters. The molecular formula is C16H19N5O3. The number of aromatic nitrogens is 4. The van der Waals surface area contributed by atoms with Gasteiger partial charge in [-0.2, -0.15) is 9.97 Å². The Bertz CT molecular complexity index is 881. The van der Waals surface area contributed by atoms with Crippen molar-refractivity contribution in [2.75, 3.05) is 6.61 Å². The van der Waals surface area contributed by atoms with Crippen molar-refractivity contribution >= 4 is 16.9 Å². The van der Waals surface area contributed by atoms with Crippen LogP contribution in [0.5, 0.6) is 6.01 Å². The molecule has 0 saturated carbocycles. The van der Waals surface area contributed by atoms with Gasteiger partial charge in [-0.15, -0.1) is 0 Å². The molecule has 2 heterocycles. The van der Waals surface area contributed by atoms with E-state index in [2.05, 4.69) is 25.4 Å². The number of H-pyrrole nitrogens is 1. The summed E-state index contributed by atoms with van der Waals surface area (Å²) in [5.74, 6) is 0.640. The normalized spacial score (nSPS) is 11.7. The summed E-state index contributed by atoms with van der Waals surface area (Å²) in [7, 11) is 0. The molecule has 0 saturated heterocycles. The molecule has 2 N–H and O–H groups in total. The quantitative estimate of drug-likeness (QED) is 0.744. The predicted octanol–water partition coefficient (Wildman–Crippen LogP) is 2.32. The Kier molecular flexibility index (Phi) is 3.96. The van der Waals surface area contributed by atoms with Gasteiger partial charge in [0.15, 0.2) is 5.82 Å². The van der Waals surface area contributed by atoms with Crippen LogP contribution in [0.2, 0.25) is 0 Å². The topological polar surface area (TPSA) is 106 Å². The highest BCUT2D eigenvalue weighted by molar-refractivity contribution is 5.97. The lowest BCUT2D eigenvalue weighted by molar-refractivity contribution is 0.0907. The van der Waals surface area contributed by atoms with Crippen LogP contribution in [0.25, 0.3) is 11.0 Å². The fourth-order valence-corrected chi connectivity index (χ4v) is 2.30. The molecule has 2 aromatic heterocycles. The Morgan fingerprint density at radius 1 is 1.38 bits per heavy atom. The van der Waals surface area contributed by atoms with Crippen LogP contribution in [0.15, 0.2) is 22.7 Å². The van der Waals surface area contributed by atoms with Gasteiger partial charge in [0.25, 0.3) is 11.9 Å². The molecule has 8 heteroatoms. The third-order valence-corrected chi connectivity index (χ3v) is 3.52. The molecule has 0 aliphatic heterocycles. The Morgan fingerprint density at radius 2 is 2.17 bits per heavy atom. The Balaban J connectivity index is 1.82. The molecule has 24 heavy (non-hydrogen) atoms. The van der Waals surface area contributed by atoms with Gasteiger partial charge in [0.2, 0.25) is 5.89 Å². The standard InChI is InChI=1S/C16H19N5O3/c1-5-23-15-18-11-7-6-10(8-12(11)19-15)13(22)20-16(3,4)14-17-9(2)24-21-14/h6-8H,5H2,1-4H3,(H,18,19)(H,20,22). The summed E-state index contributed by atoms with van der Waals surface area (Å²) < 4.78 is 10.3. The first kappa shape index (κ1) is 16.0. The van der Waals surface area contributed by atoms with Gasteiger partial charge < -0.3 is 19.6 Å². The summed E-state index contributed by atoms with van der Waals surface area (Å²) in [6.45, 7) is 7.74. The molecule has 1 aromatic carbocycles. The van der Waals surface area contributed by atoms with Crippen LogP contribution in [-0.4, -0.2) is 32.6 Å². The van der Waals surface area contributed by atoms with Gasteiger partial charge in [-0.3, -0.25) is 4.79 Å². The van der Waals surface area contributed by atoms with Crippen molar-refractivity contribution in [3.63, 3.8) is 0 Å². The number of amides is 1. The van der Waals surface area contributed by atoms with Crippen molar-refractivity contribution in [1.29, 1.82) is 0 Å². The minimum absolute atomic E-state index is 0.239. The lowest BCUT2D eigenvalue weighted by Gasteiger charge is -2.22. The third kappa shape index (κ3) is 3.08. The largest absolute Gasteiger partial charge is 0.465 e. The summed E-state index contributed by atoms with van der Waals surface area (Å²) in [6, 6.07) is 5.66. The zero-order chi connectivity index (χ0) is 17.3. The lowest BCUT2D eigenvalue weighted by Crippen LogP contribution is -2.41. The zero-order valence-corrected chi connectivity index (χ0v) is 14.0. The van der Waals surface area contributed by atoms with E-state index in [0.717, 1.165) is 11.0 Å². The first-order chi connectivity index (χ1) is 11.4. The predicted molar refractivity (Wildman–Crippen MR) is 86.8 cm³/mol. The second-order valence-corrected chi connectivity index (χ2v) is 5.92. The van der Waals surface area contributed by atoms with Gasteiger partial charge in [0.1, 0.15) is 0 Å². The summed E-state index contributed by atoms with van der Waals surface area (Å²) >= 11 is 0. The molecular weight excluding hydrogens is 310 g/mol. The van der Waals surface area contributed by atoms with E-state index in [1.165, 1.54) is 0 Å². The number of aryl methyl sites for hydroxylation is 1. The van der Waals surface area contributed by atoms with Gasteiger partial charge in [0.05, 0.1) is 23.2 Å². The van der Waals surface area contributed by atoms with Crippen LogP contribution in [0, 0.1) is 6.92 Å². The number of benzene rings is 1. The van der Waals surface area contributed by atoms with Crippen molar-refractivity contribution in [3.05, 3.63) is 35.5 Å². The van der Waals surface area contributed by atoms with Crippen molar-refractivity contribution < 1.29 is 14.1 Å². The van der Waals surface area contributed by atoms with E-state index in [1.807, 2.05) is 20.8 Å². The van der Waals surface area contributed by atoms with Crippen molar-refractivity contribution in [3.8, 4) is 6.01 Å². The monoisotopic (exact) mass is 329 g/mol. The zero-order valence-electron chi connectivity index (χ0n) is 14.0. The van der Waals surface area contributed by atoms with Crippen LogP contribution in [-0.2, 0) is 5.54 Å². The van der Waals surface area contributed by atoms with Gasteiger partial charge in [-0.25, -0.2) is 0 Å². The highest BCUT2D eigenvalue weighted by atomic mass is 16.5. The molecule has 1 amide bonds. The van der Waals surface area contributed by atoms with Crippen LogP contribution < -0.4 is 10.1 Å².